The molecule has 31 heavy (non-hydrogen) atoms. The van der Waals surface area contributed by atoms with Crippen molar-refractivity contribution in [3.8, 4) is 22.9 Å². The Bertz CT molecular complexity index is 1120. The van der Waals surface area contributed by atoms with E-state index in [1.54, 1.807) is 26.0 Å². The summed E-state index contributed by atoms with van der Waals surface area (Å²) < 4.78 is 18.4. The minimum Gasteiger partial charge on any atom is -0.496 e. The maximum absolute atomic E-state index is 12.6. The van der Waals surface area contributed by atoms with Gasteiger partial charge >= 0.3 is 0 Å². The lowest BCUT2D eigenvalue weighted by molar-refractivity contribution is -0.113. The van der Waals surface area contributed by atoms with Crippen LogP contribution in [0, 0.1) is 13.8 Å². The summed E-state index contributed by atoms with van der Waals surface area (Å²) in [5.41, 5.74) is 4.73. The number of hydrogen-bond acceptors (Lipinski definition) is 6. The molecule has 4 rings (SSSR count). The number of fused-ring (bicyclic) bond motifs is 1. The second kappa shape index (κ2) is 8.55. The van der Waals surface area contributed by atoms with Crippen molar-refractivity contribution in [2.75, 3.05) is 32.4 Å². The van der Waals surface area contributed by atoms with Crippen LogP contribution in [0.15, 0.2) is 36.4 Å². The second-order valence-electron chi connectivity index (χ2n) is 7.28. The smallest absolute Gasteiger partial charge is 0.235 e. The van der Waals surface area contributed by atoms with Gasteiger partial charge in [-0.2, -0.15) is 5.10 Å². The molecule has 0 saturated carbocycles. The van der Waals surface area contributed by atoms with Crippen LogP contribution >= 0.6 is 11.8 Å². The Kier molecular flexibility index (Phi) is 5.82. The van der Waals surface area contributed by atoms with Crippen LogP contribution in [0.2, 0.25) is 0 Å². The molecule has 0 radical (unpaired) electrons. The summed E-state index contributed by atoms with van der Waals surface area (Å²) in [6.45, 7) is 4.00. The molecule has 1 aromatic heterocycles. The Morgan fingerprint density at radius 3 is 2.29 bits per heavy atom. The number of aromatic nitrogens is 2. The molecule has 0 saturated heterocycles. The molecule has 2 aromatic carbocycles. The molecule has 7 nitrogen and oxygen atoms in total. The highest BCUT2D eigenvalue weighted by Crippen LogP contribution is 2.49. The van der Waals surface area contributed by atoms with Gasteiger partial charge in [0.25, 0.3) is 0 Å². The van der Waals surface area contributed by atoms with Crippen molar-refractivity contribution < 1.29 is 19.0 Å². The van der Waals surface area contributed by atoms with E-state index in [4.69, 9.17) is 19.3 Å². The zero-order chi connectivity index (χ0) is 22.1. The van der Waals surface area contributed by atoms with Crippen molar-refractivity contribution >= 4 is 23.5 Å². The number of nitrogens with zero attached hydrogens (tertiary/aromatic N) is 2. The summed E-state index contributed by atoms with van der Waals surface area (Å²) in [4.78, 5) is 12.6. The predicted molar refractivity (Wildman–Crippen MR) is 122 cm³/mol. The normalized spacial score (nSPS) is 15.6. The van der Waals surface area contributed by atoms with Gasteiger partial charge in [0.15, 0.2) is 11.5 Å². The predicted octanol–water partition coefficient (Wildman–Crippen LogP) is 4.29. The van der Waals surface area contributed by atoms with E-state index in [1.165, 1.54) is 11.8 Å². The number of amides is 1. The first-order valence-corrected chi connectivity index (χ1v) is 10.9. The van der Waals surface area contributed by atoms with Crippen molar-refractivity contribution in [3.05, 3.63) is 58.8 Å². The maximum Gasteiger partial charge on any atom is 0.235 e. The van der Waals surface area contributed by atoms with Crippen LogP contribution in [0.5, 0.6) is 17.2 Å². The number of thioether (sulfide) groups is 1. The van der Waals surface area contributed by atoms with E-state index in [0.717, 1.165) is 28.1 Å². The Morgan fingerprint density at radius 2 is 1.65 bits per heavy atom. The van der Waals surface area contributed by atoms with E-state index in [1.807, 2.05) is 50.2 Å². The lowest BCUT2D eigenvalue weighted by Gasteiger charge is -2.20. The van der Waals surface area contributed by atoms with Crippen molar-refractivity contribution in [2.45, 2.75) is 19.1 Å². The van der Waals surface area contributed by atoms with Gasteiger partial charge in [0.1, 0.15) is 11.6 Å². The van der Waals surface area contributed by atoms with E-state index >= 15 is 0 Å². The summed E-state index contributed by atoms with van der Waals surface area (Å²) >= 11 is 1.53. The lowest BCUT2D eigenvalue weighted by atomic mass is 10.0. The van der Waals surface area contributed by atoms with E-state index in [2.05, 4.69) is 5.32 Å². The number of ether oxygens (including phenoxy) is 3. The molecule has 162 valence electrons. The van der Waals surface area contributed by atoms with Crippen LogP contribution in [0.3, 0.4) is 0 Å². The van der Waals surface area contributed by atoms with E-state index < -0.39 is 0 Å². The number of carbonyl (C=O) groups excluding carboxylic acids is 1. The molecule has 0 spiro atoms. The molecule has 3 aromatic rings. The van der Waals surface area contributed by atoms with Crippen LogP contribution in [-0.4, -0.2) is 42.8 Å². The highest BCUT2D eigenvalue weighted by Gasteiger charge is 2.33. The number of anilines is 1. The number of nitrogens with one attached hydrogen (secondary N) is 1. The Labute approximate surface area is 185 Å². The maximum atomic E-state index is 12.6. The van der Waals surface area contributed by atoms with Crippen molar-refractivity contribution in [3.63, 3.8) is 0 Å². The van der Waals surface area contributed by atoms with Crippen molar-refractivity contribution in [1.29, 1.82) is 0 Å². The molecule has 0 bridgehead atoms. The zero-order valence-corrected chi connectivity index (χ0v) is 19.0. The first kappa shape index (κ1) is 21.1. The summed E-state index contributed by atoms with van der Waals surface area (Å²) in [5.74, 6) is 2.78. The van der Waals surface area contributed by atoms with Crippen LogP contribution in [0.25, 0.3) is 5.69 Å². The third-order valence-electron chi connectivity index (χ3n) is 5.30. The molecule has 0 aliphatic carbocycles. The van der Waals surface area contributed by atoms with Gasteiger partial charge in [0.05, 0.1) is 43.7 Å². The standard InChI is InChI=1S/C23H25N3O4S/c1-13-6-8-15(9-7-13)26-23-21(14(2)25-26)22(31-12-20(27)24-23)16-10-18(29-4)19(30-5)11-17(16)28-3/h6-11,22H,12H2,1-5H3,(H,24,27)/t22-/m0/s1. The topological polar surface area (TPSA) is 74.6 Å². The monoisotopic (exact) mass is 439 g/mol. The average molecular weight is 440 g/mol. The summed E-state index contributed by atoms with van der Waals surface area (Å²) in [5, 5.41) is 7.65. The minimum absolute atomic E-state index is 0.0681. The molecule has 1 aliphatic rings. The highest BCUT2D eigenvalue weighted by molar-refractivity contribution is 8.00. The quantitative estimate of drug-likeness (QED) is 0.639. The SMILES string of the molecule is COc1cc(OC)c([C@@H]2SCC(=O)Nc3c2c(C)nn3-c2ccc(C)cc2)cc1OC. The van der Waals surface area contributed by atoms with E-state index in [-0.39, 0.29) is 11.2 Å². The molecule has 1 amide bonds. The minimum atomic E-state index is -0.178. The third kappa shape index (κ3) is 3.83. The number of methoxy groups -OCH3 is 3. The largest absolute Gasteiger partial charge is 0.496 e. The van der Waals surface area contributed by atoms with Crippen molar-refractivity contribution in [2.24, 2.45) is 0 Å². The van der Waals surface area contributed by atoms with Crippen LogP contribution in [0.4, 0.5) is 5.82 Å². The molecule has 0 fully saturated rings. The van der Waals surface area contributed by atoms with Gasteiger partial charge in [-0.1, -0.05) is 17.7 Å². The molecule has 1 atom stereocenters. The van der Waals surface area contributed by atoms with Gasteiger partial charge < -0.3 is 19.5 Å². The number of carbonyl (C=O) groups is 1. The fourth-order valence-electron chi connectivity index (χ4n) is 3.76. The summed E-state index contributed by atoms with van der Waals surface area (Å²) in [7, 11) is 4.82. The molecular weight excluding hydrogens is 414 g/mol. The number of rotatable bonds is 5. The first-order valence-electron chi connectivity index (χ1n) is 9.84. The fraction of sp³-hybridized carbons (Fsp3) is 0.304. The number of aryl methyl sites for hydroxylation is 2. The lowest BCUT2D eigenvalue weighted by Crippen LogP contribution is -2.15. The van der Waals surface area contributed by atoms with Crippen LogP contribution < -0.4 is 19.5 Å². The van der Waals surface area contributed by atoms with E-state index in [0.29, 0.717) is 28.8 Å². The molecule has 8 heteroatoms. The van der Waals surface area contributed by atoms with Gasteiger partial charge in [-0.3, -0.25) is 4.79 Å². The van der Waals surface area contributed by atoms with Gasteiger partial charge in [-0.15, -0.1) is 11.8 Å². The Hall–Kier alpha value is -3.13. The highest BCUT2D eigenvalue weighted by atomic mass is 32.2. The molecule has 1 N–H and O–H groups in total. The molecule has 2 heterocycles. The Morgan fingerprint density at radius 1 is 1.00 bits per heavy atom. The average Bonchev–Trinajstić information content (AvgIpc) is 2.98. The van der Waals surface area contributed by atoms with Gasteiger partial charge in [-0.25, -0.2) is 4.68 Å². The molecular formula is C23H25N3O4S. The number of hydrogen-bond donors (Lipinski definition) is 1. The third-order valence-corrected chi connectivity index (χ3v) is 6.56. The van der Waals surface area contributed by atoms with Crippen LogP contribution in [-0.2, 0) is 4.79 Å². The zero-order valence-electron chi connectivity index (χ0n) is 18.2. The fourth-order valence-corrected chi connectivity index (χ4v) is 4.96. The van der Waals surface area contributed by atoms with Crippen LogP contribution in [0.1, 0.15) is 27.6 Å². The van der Waals surface area contributed by atoms with Gasteiger partial charge in [-0.05, 0) is 32.0 Å². The second-order valence-corrected chi connectivity index (χ2v) is 8.38. The number of benzene rings is 2. The molecule has 1 aliphatic heterocycles. The summed E-state index contributed by atoms with van der Waals surface area (Å²) in [6, 6.07) is 11.8. The van der Waals surface area contributed by atoms with Crippen molar-refractivity contribution in [1.82, 2.24) is 9.78 Å². The summed E-state index contributed by atoms with van der Waals surface area (Å²) in [6.07, 6.45) is 0. The Balaban J connectivity index is 1.91. The van der Waals surface area contributed by atoms with E-state index in [9.17, 15) is 4.79 Å². The van der Waals surface area contributed by atoms with Gasteiger partial charge in [0, 0.05) is 17.2 Å². The molecule has 0 unspecified atom stereocenters. The first-order chi connectivity index (χ1) is 15.0. The van der Waals surface area contributed by atoms with Gasteiger partial charge in [0.2, 0.25) is 5.91 Å².